The number of benzene rings is 1. The fraction of sp³-hybridized carbons (Fsp3) is 0.417. The number of primary amides is 1. The normalized spacial score (nSPS) is 10.0. The third-order valence-electron chi connectivity index (χ3n) is 2.35. The number of para-hydroxylation sites is 1. The van der Waals surface area contributed by atoms with Gasteiger partial charge < -0.3 is 20.5 Å². The number of carbonyl (C=O) groups excluding carboxylic acids is 1. The lowest BCUT2D eigenvalue weighted by Gasteiger charge is -2.12. The molecule has 0 aromatic heterocycles. The van der Waals surface area contributed by atoms with Gasteiger partial charge in [-0.15, -0.1) is 0 Å². The van der Waals surface area contributed by atoms with Gasteiger partial charge in [0.25, 0.3) is 0 Å². The lowest BCUT2D eigenvalue weighted by Crippen LogP contribution is -2.21. The highest BCUT2D eigenvalue weighted by atomic mass is 16.5. The molecule has 0 aliphatic carbocycles. The molecule has 5 heteroatoms. The lowest BCUT2D eigenvalue weighted by atomic mass is 10.2. The van der Waals surface area contributed by atoms with Crippen LogP contribution in [0.5, 0.6) is 11.5 Å². The Morgan fingerprint density at radius 2 is 2.12 bits per heavy atom. The number of amides is 1. The van der Waals surface area contributed by atoms with Crippen molar-refractivity contribution in [1.82, 2.24) is 5.32 Å². The van der Waals surface area contributed by atoms with Crippen molar-refractivity contribution in [3.8, 4) is 11.5 Å². The number of ether oxygens (including phenoxy) is 2. The molecule has 3 N–H and O–H groups in total. The van der Waals surface area contributed by atoms with Gasteiger partial charge in [0.05, 0.1) is 14.2 Å². The summed E-state index contributed by atoms with van der Waals surface area (Å²) in [5.41, 5.74) is 6.03. The molecule has 0 radical (unpaired) electrons. The fourth-order valence-corrected chi connectivity index (χ4v) is 1.53. The minimum absolute atomic E-state index is 0.310. The molecule has 1 amide bonds. The molecule has 5 nitrogen and oxygen atoms in total. The molecular formula is C12H18N2O3. The van der Waals surface area contributed by atoms with E-state index in [1.165, 1.54) is 0 Å². The van der Waals surface area contributed by atoms with Crippen LogP contribution in [0, 0.1) is 0 Å². The second-order valence-electron chi connectivity index (χ2n) is 3.55. The highest BCUT2D eigenvalue weighted by Crippen LogP contribution is 2.30. The summed E-state index contributed by atoms with van der Waals surface area (Å²) in [5, 5.41) is 3.12. The number of nitrogens with two attached hydrogens (primary N) is 1. The van der Waals surface area contributed by atoms with E-state index in [-0.39, 0.29) is 5.91 Å². The van der Waals surface area contributed by atoms with Crippen molar-refractivity contribution in [2.24, 2.45) is 5.73 Å². The SMILES string of the molecule is COc1cccc(CNCCC(N)=O)c1OC. The minimum atomic E-state index is -0.310. The van der Waals surface area contributed by atoms with Gasteiger partial charge in [0.2, 0.25) is 5.91 Å². The Kier molecular flexibility index (Phi) is 5.29. The van der Waals surface area contributed by atoms with Crippen LogP contribution in [0.1, 0.15) is 12.0 Å². The van der Waals surface area contributed by atoms with E-state index < -0.39 is 0 Å². The number of nitrogens with one attached hydrogen (secondary N) is 1. The zero-order valence-corrected chi connectivity index (χ0v) is 10.2. The second kappa shape index (κ2) is 6.75. The summed E-state index contributed by atoms with van der Waals surface area (Å²) in [4.78, 5) is 10.6. The van der Waals surface area contributed by atoms with Gasteiger partial charge in [-0.1, -0.05) is 12.1 Å². The molecule has 0 spiro atoms. The molecule has 1 aromatic rings. The topological polar surface area (TPSA) is 73.6 Å². The molecular weight excluding hydrogens is 220 g/mol. The van der Waals surface area contributed by atoms with E-state index in [0.717, 1.165) is 5.56 Å². The van der Waals surface area contributed by atoms with E-state index in [0.29, 0.717) is 31.0 Å². The van der Waals surface area contributed by atoms with E-state index in [1.807, 2.05) is 18.2 Å². The summed E-state index contributed by atoms with van der Waals surface area (Å²) in [6.45, 7) is 1.16. The molecule has 0 unspecified atom stereocenters. The lowest BCUT2D eigenvalue weighted by molar-refractivity contribution is -0.117. The molecule has 0 bridgehead atoms. The molecule has 0 aliphatic rings. The molecule has 1 rings (SSSR count). The third-order valence-corrected chi connectivity index (χ3v) is 2.35. The van der Waals surface area contributed by atoms with Crippen LogP contribution in [0.15, 0.2) is 18.2 Å². The van der Waals surface area contributed by atoms with Crippen molar-refractivity contribution >= 4 is 5.91 Å². The maximum Gasteiger partial charge on any atom is 0.218 e. The van der Waals surface area contributed by atoms with Gasteiger partial charge in [0.1, 0.15) is 0 Å². The van der Waals surface area contributed by atoms with Crippen molar-refractivity contribution in [3.05, 3.63) is 23.8 Å². The average molecular weight is 238 g/mol. The number of hydrogen-bond donors (Lipinski definition) is 2. The zero-order chi connectivity index (χ0) is 12.7. The highest BCUT2D eigenvalue weighted by Gasteiger charge is 2.08. The van der Waals surface area contributed by atoms with Crippen molar-refractivity contribution in [2.45, 2.75) is 13.0 Å². The Morgan fingerprint density at radius 1 is 1.35 bits per heavy atom. The van der Waals surface area contributed by atoms with Crippen LogP contribution in [-0.2, 0) is 11.3 Å². The predicted molar refractivity (Wildman–Crippen MR) is 65.1 cm³/mol. The van der Waals surface area contributed by atoms with E-state index in [1.54, 1.807) is 14.2 Å². The average Bonchev–Trinajstić information content (AvgIpc) is 2.33. The molecule has 0 saturated carbocycles. The van der Waals surface area contributed by atoms with Crippen LogP contribution in [0.4, 0.5) is 0 Å². The number of methoxy groups -OCH3 is 2. The van der Waals surface area contributed by atoms with Crippen LogP contribution in [0.2, 0.25) is 0 Å². The maximum atomic E-state index is 10.6. The highest BCUT2D eigenvalue weighted by molar-refractivity contribution is 5.73. The van der Waals surface area contributed by atoms with Crippen LogP contribution in [-0.4, -0.2) is 26.7 Å². The maximum absolute atomic E-state index is 10.6. The van der Waals surface area contributed by atoms with Crippen molar-refractivity contribution in [3.63, 3.8) is 0 Å². The van der Waals surface area contributed by atoms with Gasteiger partial charge >= 0.3 is 0 Å². The van der Waals surface area contributed by atoms with Gasteiger partial charge in [-0.05, 0) is 6.07 Å². The predicted octanol–water partition coefficient (Wildman–Crippen LogP) is 0.669. The van der Waals surface area contributed by atoms with E-state index in [2.05, 4.69) is 5.32 Å². The van der Waals surface area contributed by atoms with Crippen LogP contribution in [0.25, 0.3) is 0 Å². The molecule has 0 aliphatic heterocycles. The Hall–Kier alpha value is -1.75. The summed E-state index contributed by atoms with van der Waals surface area (Å²) in [5.74, 6) is 1.10. The van der Waals surface area contributed by atoms with Gasteiger partial charge in [-0.25, -0.2) is 0 Å². The summed E-state index contributed by atoms with van der Waals surface area (Å²) >= 11 is 0. The van der Waals surface area contributed by atoms with E-state index in [4.69, 9.17) is 15.2 Å². The first-order valence-electron chi connectivity index (χ1n) is 5.38. The Morgan fingerprint density at radius 3 is 2.71 bits per heavy atom. The quantitative estimate of drug-likeness (QED) is 0.685. The largest absolute Gasteiger partial charge is 0.493 e. The second-order valence-corrected chi connectivity index (χ2v) is 3.55. The summed E-state index contributed by atoms with van der Waals surface area (Å²) < 4.78 is 10.5. The molecule has 0 fully saturated rings. The molecule has 0 saturated heterocycles. The molecule has 0 heterocycles. The van der Waals surface area contributed by atoms with Gasteiger partial charge in [-0.3, -0.25) is 4.79 Å². The van der Waals surface area contributed by atoms with Gasteiger partial charge in [0, 0.05) is 25.1 Å². The van der Waals surface area contributed by atoms with E-state index in [9.17, 15) is 4.79 Å². The Bertz CT molecular complexity index is 380. The standard InChI is InChI=1S/C12H18N2O3/c1-16-10-5-3-4-9(12(10)17-2)8-14-7-6-11(13)15/h3-5,14H,6-8H2,1-2H3,(H2,13,15). The summed E-state index contributed by atoms with van der Waals surface area (Å²) in [6.07, 6.45) is 0.326. The summed E-state index contributed by atoms with van der Waals surface area (Å²) in [6, 6.07) is 5.68. The van der Waals surface area contributed by atoms with Crippen LogP contribution in [0.3, 0.4) is 0 Å². The summed E-state index contributed by atoms with van der Waals surface area (Å²) in [7, 11) is 3.20. The van der Waals surface area contributed by atoms with Gasteiger partial charge in [0.15, 0.2) is 11.5 Å². The van der Waals surface area contributed by atoms with Crippen molar-refractivity contribution in [2.75, 3.05) is 20.8 Å². The Balaban J connectivity index is 2.60. The molecule has 0 atom stereocenters. The molecule has 1 aromatic carbocycles. The Labute approximate surface area is 101 Å². The monoisotopic (exact) mass is 238 g/mol. The van der Waals surface area contributed by atoms with E-state index >= 15 is 0 Å². The van der Waals surface area contributed by atoms with Crippen molar-refractivity contribution in [1.29, 1.82) is 0 Å². The first kappa shape index (κ1) is 13.3. The van der Waals surface area contributed by atoms with Crippen molar-refractivity contribution < 1.29 is 14.3 Å². The molecule has 94 valence electrons. The first-order valence-corrected chi connectivity index (χ1v) is 5.38. The number of hydrogen-bond acceptors (Lipinski definition) is 4. The minimum Gasteiger partial charge on any atom is -0.493 e. The number of rotatable bonds is 7. The zero-order valence-electron chi connectivity index (χ0n) is 10.2. The smallest absolute Gasteiger partial charge is 0.218 e. The number of carbonyl (C=O) groups is 1. The van der Waals surface area contributed by atoms with Crippen LogP contribution >= 0.6 is 0 Å². The molecule has 17 heavy (non-hydrogen) atoms. The van der Waals surface area contributed by atoms with Gasteiger partial charge in [-0.2, -0.15) is 0 Å². The fourth-order valence-electron chi connectivity index (χ4n) is 1.53. The van der Waals surface area contributed by atoms with Crippen LogP contribution < -0.4 is 20.5 Å². The third kappa shape index (κ3) is 3.96. The first-order chi connectivity index (χ1) is 8.19.